The molecule has 134 valence electrons. The number of ether oxygens (including phenoxy) is 1. The Labute approximate surface area is 152 Å². The first kappa shape index (κ1) is 19.1. The highest BCUT2D eigenvalue weighted by Gasteiger charge is 2.13. The van der Waals surface area contributed by atoms with Crippen LogP contribution in [0.5, 0.6) is 5.75 Å². The summed E-state index contributed by atoms with van der Waals surface area (Å²) in [4.78, 5) is 12.3. The third kappa shape index (κ3) is 5.65. The summed E-state index contributed by atoms with van der Waals surface area (Å²) in [6, 6.07) is 11.9. The van der Waals surface area contributed by atoms with E-state index in [9.17, 15) is 13.2 Å². The number of rotatable bonds is 7. The molecule has 8 heteroatoms. The Balaban J connectivity index is 1.95. The molecular weight excluding hydrogens is 364 g/mol. The van der Waals surface area contributed by atoms with Gasteiger partial charge in [0.05, 0.1) is 23.5 Å². The van der Waals surface area contributed by atoms with Gasteiger partial charge < -0.3 is 10.1 Å². The Bertz CT molecular complexity index is 869. The molecule has 0 spiro atoms. The minimum Gasteiger partial charge on any atom is -0.490 e. The normalized spacial score (nSPS) is 11.0. The summed E-state index contributed by atoms with van der Waals surface area (Å²) in [5.74, 6) is 0.242. The summed E-state index contributed by atoms with van der Waals surface area (Å²) in [6.07, 6.45) is 1.06. The number of carbonyl (C=O) groups excluding carboxylic acids is 1. The van der Waals surface area contributed by atoms with E-state index in [2.05, 4.69) is 10.0 Å². The zero-order chi connectivity index (χ0) is 18.4. The molecule has 0 unspecified atom stereocenters. The first-order valence-corrected chi connectivity index (χ1v) is 9.78. The molecule has 0 saturated heterocycles. The van der Waals surface area contributed by atoms with Gasteiger partial charge in [-0.05, 0) is 36.8 Å². The lowest BCUT2D eigenvalue weighted by molar-refractivity contribution is 0.0946. The number of para-hydroxylation sites is 1. The summed E-state index contributed by atoms with van der Waals surface area (Å²) in [5.41, 5.74) is 1.33. The van der Waals surface area contributed by atoms with Crippen LogP contribution in [0.4, 0.5) is 5.69 Å². The van der Waals surface area contributed by atoms with Gasteiger partial charge in [0.2, 0.25) is 10.0 Å². The van der Waals surface area contributed by atoms with Crippen LogP contribution in [-0.4, -0.2) is 33.7 Å². The Morgan fingerprint density at radius 1 is 1.16 bits per heavy atom. The summed E-state index contributed by atoms with van der Waals surface area (Å²) in [5, 5.41) is 3.24. The third-order valence-corrected chi connectivity index (χ3v) is 4.26. The Kier molecular flexibility index (Phi) is 6.27. The van der Waals surface area contributed by atoms with Gasteiger partial charge in [-0.3, -0.25) is 9.52 Å². The minimum atomic E-state index is -3.41. The van der Waals surface area contributed by atoms with Crippen LogP contribution in [0.2, 0.25) is 5.02 Å². The van der Waals surface area contributed by atoms with Gasteiger partial charge in [-0.15, -0.1) is 0 Å². The minimum absolute atomic E-state index is 0.260. The van der Waals surface area contributed by atoms with Crippen LogP contribution in [-0.2, 0) is 10.0 Å². The van der Waals surface area contributed by atoms with Gasteiger partial charge in [0.15, 0.2) is 0 Å². The Hall–Kier alpha value is -2.25. The maximum absolute atomic E-state index is 12.3. The van der Waals surface area contributed by atoms with Crippen molar-refractivity contribution >= 4 is 33.2 Å². The molecular formula is C17H19ClN2O4S. The van der Waals surface area contributed by atoms with Crippen LogP contribution in [0.1, 0.15) is 15.9 Å². The van der Waals surface area contributed by atoms with Crippen molar-refractivity contribution in [3.63, 3.8) is 0 Å². The smallest absolute Gasteiger partial charge is 0.251 e. The first-order valence-electron chi connectivity index (χ1n) is 7.51. The Morgan fingerprint density at radius 3 is 2.56 bits per heavy atom. The molecule has 2 aromatic rings. The standard InChI is InChI=1S/C17H19ClN2O4S/c1-12-13(6-5-8-15(12)20-25(2,22)23)17(21)19-10-11-24-16-9-4-3-7-14(16)18/h3-9,20H,10-11H2,1-2H3,(H,19,21). The van der Waals surface area contributed by atoms with Gasteiger partial charge in [0.25, 0.3) is 5.91 Å². The van der Waals surface area contributed by atoms with E-state index in [1.54, 1.807) is 43.3 Å². The molecule has 6 nitrogen and oxygen atoms in total. The van der Waals surface area contributed by atoms with Crippen molar-refractivity contribution in [2.75, 3.05) is 24.1 Å². The molecule has 0 aliphatic carbocycles. The molecule has 0 heterocycles. The van der Waals surface area contributed by atoms with E-state index in [0.29, 0.717) is 27.6 Å². The fourth-order valence-corrected chi connectivity index (χ4v) is 2.99. The van der Waals surface area contributed by atoms with E-state index in [0.717, 1.165) is 6.26 Å². The fourth-order valence-electron chi connectivity index (χ4n) is 2.17. The quantitative estimate of drug-likeness (QED) is 0.721. The maximum Gasteiger partial charge on any atom is 0.251 e. The number of hydrogen-bond acceptors (Lipinski definition) is 4. The molecule has 2 rings (SSSR count). The topological polar surface area (TPSA) is 84.5 Å². The summed E-state index contributed by atoms with van der Waals surface area (Å²) in [7, 11) is -3.41. The predicted molar refractivity (Wildman–Crippen MR) is 98.9 cm³/mol. The monoisotopic (exact) mass is 382 g/mol. The molecule has 0 aliphatic heterocycles. The highest BCUT2D eigenvalue weighted by Crippen LogP contribution is 2.23. The number of carbonyl (C=O) groups is 1. The molecule has 2 aromatic carbocycles. The summed E-state index contributed by atoms with van der Waals surface area (Å²) in [6.45, 7) is 2.23. The van der Waals surface area contributed by atoms with E-state index < -0.39 is 10.0 Å². The molecule has 0 aromatic heterocycles. The molecule has 0 atom stereocenters. The van der Waals surface area contributed by atoms with Crippen LogP contribution in [0.15, 0.2) is 42.5 Å². The lowest BCUT2D eigenvalue weighted by atomic mass is 10.1. The summed E-state index contributed by atoms with van der Waals surface area (Å²) >= 11 is 5.98. The molecule has 2 N–H and O–H groups in total. The van der Waals surface area contributed by atoms with Gasteiger partial charge in [0, 0.05) is 5.56 Å². The number of benzene rings is 2. The maximum atomic E-state index is 12.3. The molecule has 0 bridgehead atoms. The lowest BCUT2D eigenvalue weighted by Crippen LogP contribution is -2.29. The summed E-state index contributed by atoms with van der Waals surface area (Å²) < 4.78 is 30.6. The third-order valence-electron chi connectivity index (χ3n) is 3.36. The zero-order valence-electron chi connectivity index (χ0n) is 13.9. The van der Waals surface area contributed by atoms with E-state index in [1.807, 2.05) is 6.07 Å². The number of sulfonamides is 1. The van der Waals surface area contributed by atoms with Crippen LogP contribution in [0, 0.1) is 6.92 Å². The largest absolute Gasteiger partial charge is 0.490 e. The predicted octanol–water partition coefficient (Wildman–Crippen LogP) is 2.83. The van der Waals surface area contributed by atoms with Crippen LogP contribution in [0.3, 0.4) is 0 Å². The zero-order valence-corrected chi connectivity index (χ0v) is 15.4. The van der Waals surface area contributed by atoms with Crippen molar-refractivity contribution in [1.82, 2.24) is 5.32 Å². The van der Waals surface area contributed by atoms with Crippen molar-refractivity contribution in [2.24, 2.45) is 0 Å². The van der Waals surface area contributed by atoms with Crippen molar-refractivity contribution < 1.29 is 17.9 Å². The molecule has 0 aliphatic rings. The number of halogens is 1. The van der Waals surface area contributed by atoms with Gasteiger partial charge in [-0.25, -0.2) is 8.42 Å². The van der Waals surface area contributed by atoms with Crippen molar-refractivity contribution in [2.45, 2.75) is 6.92 Å². The number of amides is 1. The van der Waals surface area contributed by atoms with E-state index in [1.165, 1.54) is 0 Å². The molecule has 25 heavy (non-hydrogen) atoms. The Morgan fingerprint density at radius 2 is 1.88 bits per heavy atom. The van der Waals surface area contributed by atoms with Gasteiger partial charge in [-0.1, -0.05) is 29.8 Å². The SMILES string of the molecule is Cc1c(NS(C)(=O)=O)cccc1C(=O)NCCOc1ccccc1Cl. The first-order chi connectivity index (χ1) is 11.8. The average molecular weight is 383 g/mol. The second-order valence-electron chi connectivity index (χ2n) is 5.39. The molecule has 0 radical (unpaired) electrons. The highest BCUT2D eigenvalue weighted by atomic mass is 35.5. The average Bonchev–Trinajstić information content (AvgIpc) is 2.53. The fraction of sp³-hybridized carbons (Fsp3) is 0.235. The van der Waals surface area contributed by atoms with Crippen LogP contribution >= 0.6 is 11.6 Å². The van der Waals surface area contributed by atoms with Crippen LogP contribution < -0.4 is 14.8 Å². The van der Waals surface area contributed by atoms with E-state index in [4.69, 9.17) is 16.3 Å². The van der Waals surface area contributed by atoms with Gasteiger partial charge >= 0.3 is 0 Å². The van der Waals surface area contributed by atoms with E-state index in [-0.39, 0.29) is 19.1 Å². The second-order valence-corrected chi connectivity index (χ2v) is 7.54. The highest BCUT2D eigenvalue weighted by molar-refractivity contribution is 7.92. The number of anilines is 1. The van der Waals surface area contributed by atoms with Crippen LogP contribution in [0.25, 0.3) is 0 Å². The molecule has 0 fully saturated rings. The van der Waals surface area contributed by atoms with Crippen molar-refractivity contribution in [3.05, 3.63) is 58.6 Å². The van der Waals surface area contributed by atoms with Gasteiger partial charge in [-0.2, -0.15) is 0 Å². The van der Waals surface area contributed by atoms with Crippen molar-refractivity contribution in [1.29, 1.82) is 0 Å². The molecule has 0 saturated carbocycles. The second kappa shape index (κ2) is 8.22. The molecule has 1 amide bonds. The number of hydrogen-bond donors (Lipinski definition) is 2. The van der Waals surface area contributed by atoms with E-state index >= 15 is 0 Å². The van der Waals surface area contributed by atoms with Gasteiger partial charge in [0.1, 0.15) is 12.4 Å². The van der Waals surface area contributed by atoms with Crippen molar-refractivity contribution in [3.8, 4) is 5.75 Å². The lowest BCUT2D eigenvalue weighted by Gasteiger charge is -2.13. The number of nitrogens with one attached hydrogen (secondary N) is 2.